The van der Waals surface area contributed by atoms with Gasteiger partial charge in [0.25, 0.3) is 5.91 Å². The molecule has 0 saturated carbocycles. The van der Waals surface area contributed by atoms with Crippen LogP contribution in [0, 0.1) is 6.92 Å². The molecular formula is C17H18ClNO2. The van der Waals surface area contributed by atoms with Crippen LogP contribution in [0.4, 0.5) is 0 Å². The molecule has 1 unspecified atom stereocenters. The highest BCUT2D eigenvalue weighted by Crippen LogP contribution is 2.20. The van der Waals surface area contributed by atoms with E-state index in [1.165, 1.54) is 0 Å². The van der Waals surface area contributed by atoms with E-state index in [1.807, 2.05) is 43.3 Å². The van der Waals surface area contributed by atoms with Gasteiger partial charge in [-0.3, -0.25) is 4.79 Å². The van der Waals surface area contributed by atoms with Crippen molar-refractivity contribution in [3.63, 3.8) is 0 Å². The van der Waals surface area contributed by atoms with E-state index in [0.29, 0.717) is 17.9 Å². The standard InChI is InChI=1S/C17H18ClNO2/c1-12-8-9-14(10-16(12)21-2)17(20)19-11-15(18)13-6-4-3-5-7-13/h3-10,15H,11H2,1-2H3,(H,19,20). The highest BCUT2D eigenvalue weighted by Gasteiger charge is 2.12. The highest BCUT2D eigenvalue weighted by atomic mass is 35.5. The van der Waals surface area contributed by atoms with Gasteiger partial charge in [-0.2, -0.15) is 0 Å². The Morgan fingerprint density at radius 2 is 1.95 bits per heavy atom. The summed E-state index contributed by atoms with van der Waals surface area (Å²) in [6.07, 6.45) is 0. The molecule has 1 amide bonds. The molecule has 21 heavy (non-hydrogen) atoms. The molecule has 0 spiro atoms. The van der Waals surface area contributed by atoms with Crippen LogP contribution in [0.1, 0.15) is 26.9 Å². The van der Waals surface area contributed by atoms with Crippen molar-refractivity contribution < 1.29 is 9.53 Å². The van der Waals surface area contributed by atoms with Crippen molar-refractivity contribution in [1.29, 1.82) is 0 Å². The summed E-state index contributed by atoms with van der Waals surface area (Å²) in [4.78, 5) is 12.1. The molecule has 0 aliphatic rings. The van der Waals surface area contributed by atoms with Gasteiger partial charge in [0.05, 0.1) is 12.5 Å². The van der Waals surface area contributed by atoms with Crippen LogP contribution in [0.5, 0.6) is 5.75 Å². The number of benzene rings is 2. The quantitative estimate of drug-likeness (QED) is 0.855. The second-order valence-corrected chi connectivity index (χ2v) is 5.30. The lowest BCUT2D eigenvalue weighted by molar-refractivity contribution is 0.0953. The van der Waals surface area contributed by atoms with Crippen molar-refractivity contribution in [2.24, 2.45) is 0 Å². The maximum Gasteiger partial charge on any atom is 0.251 e. The van der Waals surface area contributed by atoms with Crippen LogP contribution in [0.3, 0.4) is 0 Å². The lowest BCUT2D eigenvalue weighted by Crippen LogP contribution is -2.26. The first-order chi connectivity index (χ1) is 10.1. The second kappa shape index (κ2) is 7.14. The zero-order valence-electron chi connectivity index (χ0n) is 12.1. The minimum Gasteiger partial charge on any atom is -0.496 e. The molecule has 0 aliphatic heterocycles. The number of amides is 1. The predicted molar refractivity (Wildman–Crippen MR) is 85.1 cm³/mol. The maximum absolute atomic E-state index is 12.1. The molecule has 0 aliphatic carbocycles. The zero-order chi connectivity index (χ0) is 15.2. The predicted octanol–water partition coefficient (Wildman–Crippen LogP) is 3.71. The fourth-order valence-electron chi connectivity index (χ4n) is 2.03. The number of halogens is 1. The fourth-order valence-corrected chi connectivity index (χ4v) is 2.25. The number of methoxy groups -OCH3 is 1. The summed E-state index contributed by atoms with van der Waals surface area (Å²) in [5.74, 6) is 0.544. The molecule has 2 aromatic rings. The summed E-state index contributed by atoms with van der Waals surface area (Å²) in [7, 11) is 1.59. The lowest BCUT2D eigenvalue weighted by Gasteiger charge is -2.12. The minimum absolute atomic E-state index is 0.158. The largest absolute Gasteiger partial charge is 0.496 e. The third-order valence-corrected chi connectivity index (χ3v) is 3.68. The van der Waals surface area contributed by atoms with Gasteiger partial charge >= 0.3 is 0 Å². The molecule has 1 N–H and O–H groups in total. The summed E-state index contributed by atoms with van der Waals surface area (Å²) < 4.78 is 5.22. The minimum atomic E-state index is -0.248. The Labute approximate surface area is 129 Å². The van der Waals surface area contributed by atoms with Crippen LogP contribution >= 0.6 is 11.6 Å². The third kappa shape index (κ3) is 3.99. The molecule has 0 heterocycles. The number of hydrogen-bond donors (Lipinski definition) is 1. The van der Waals surface area contributed by atoms with Gasteiger partial charge in [0.1, 0.15) is 5.75 Å². The summed E-state index contributed by atoms with van der Waals surface area (Å²) >= 11 is 6.28. The molecule has 2 aromatic carbocycles. The van der Waals surface area contributed by atoms with Gasteiger partial charge < -0.3 is 10.1 Å². The first-order valence-corrected chi connectivity index (χ1v) is 7.17. The van der Waals surface area contributed by atoms with Gasteiger partial charge in [-0.1, -0.05) is 36.4 Å². The SMILES string of the molecule is COc1cc(C(=O)NCC(Cl)c2ccccc2)ccc1C. The van der Waals surface area contributed by atoms with Crippen LogP contribution in [-0.2, 0) is 0 Å². The molecule has 4 heteroatoms. The first kappa shape index (κ1) is 15.4. The average molecular weight is 304 g/mol. The fraction of sp³-hybridized carbons (Fsp3) is 0.235. The molecular weight excluding hydrogens is 286 g/mol. The van der Waals surface area contributed by atoms with E-state index in [2.05, 4.69) is 5.32 Å². The van der Waals surface area contributed by atoms with Crippen molar-refractivity contribution in [3.8, 4) is 5.75 Å². The van der Waals surface area contributed by atoms with Crippen LogP contribution in [0.2, 0.25) is 0 Å². The Morgan fingerprint density at radius 1 is 1.24 bits per heavy atom. The number of alkyl halides is 1. The first-order valence-electron chi connectivity index (χ1n) is 6.73. The van der Waals surface area contributed by atoms with Crippen molar-refractivity contribution in [2.45, 2.75) is 12.3 Å². The van der Waals surface area contributed by atoms with E-state index < -0.39 is 0 Å². The van der Waals surface area contributed by atoms with E-state index in [-0.39, 0.29) is 11.3 Å². The average Bonchev–Trinajstić information content (AvgIpc) is 2.53. The molecule has 0 saturated heterocycles. The van der Waals surface area contributed by atoms with Gasteiger partial charge in [0.15, 0.2) is 0 Å². The maximum atomic E-state index is 12.1. The summed E-state index contributed by atoms with van der Waals surface area (Å²) in [6.45, 7) is 2.31. The van der Waals surface area contributed by atoms with E-state index in [0.717, 1.165) is 11.1 Å². The molecule has 110 valence electrons. The number of aryl methyl sites for hydroxylation is 1. The molecule has 0 aromatic heterocycles. The van der Waals surface area contributed by atoms with Gasteiger partial charge in [-0.15, -0.1) is 11.6 Å². The summed E-state index contributed by atoms with van der Waals surface area (Å²) in [5.41, 5.74) is 2.55. The van der Waals surface area contributed by atoms with Crippen LogP contribution in [0.25, 0.3) is 0 Å². The van der Waals surface area contributed by atoms with Crippen LogP contribution in [-0.4, -0.2) is 19.6 Å². The van der Waals surface area contributed by atoms with Crippen molar-refractivity contribution in [2.75, 3.05) is 13.7 Å². The monoisotopic (exact) mass is 303 g/mol. The van der Waals surface area contributed by atoms with Crippen LogP contribution < -0.4 is 10.1 Å². The topological polar surface area (TPSA) is 38.3 Å². The van der Waals surface area contributed by atoms with Gasteiger partial charge in [0, 0.05) is 12.1 Å². The molecule has 0 bridgehead atoms. The second-order valence-electron chi connectivity index (χ2n) is 4.77. The molecule has 1 atom stereocenters. The zero-order valence-corrected chi connectivity index (χ0v) is 12.9. The summed E-state index contributed by atoms with van der Waals surface area (Å²) in [6, 6.07) is 15.1. The van der Waals surface area contributed by atoms with Crippen molar-refractivity contribution in [3.05, 3.63) is 65.2 Å². The van der Waals surface area contributed by atoms with E-state index >= 15 is 0 Å². The van der Waals surface area contributed by atoms with Gasteiger partial charge in [-0.05, 0) is 30.2 Å². The number of rotatable bonds is 5. The smallest absolute Gasteiger partial charge is 0.251 e. The molecule has 2 rings (SSSR count). The number of hydrogen-bond acceptors (Lipinski definition) is 2. The van der Waals surface area contributed by atoms with E-state index in [9.17, 15) is 4.79 Å². The number of carbonyl (C=O) groups excluding carboxylic acids is 1. The molecule has 0 fully saturated rings. The Hall–Kier alpha value is -2.00. The van der Waals surface area contributed by atoms with E-state index in [4.69, 9.17) is 16.3 Å². The van der Waals surface area contributed by atoms with Crippen LogP contribution in [0.15, 0.2) is 48.5 Å². The Balaban J connectivity index is 1.99. The molecule has 3 nitrogen and oxygen atoms in total. The normalized spacial score (nSPS) is 11.8. The van der Waals surface area contributed by atoms with Crippen molar-refractivity contribution >= 4 is 17.5 Å². The van der Waals surface area contributed by atoms with E-state index in [1.54, 1.807) is 19.2 Å². The lowest BCUT2D eigenvalue weighted by atomic mass is 10.1. The Bertz CT molecular complexity index is 613. The number of nitrogens with one attached hydrogen (secondary N) is 1. The Kier molecular flexibility index (Phi) is 5.23. The number of carbonyl (C=O) groups is 1. The van der Waals surface area contributed by atoms with Gasteiger partial charge in [0.2, 0.25) is 0 Å². The van der Waals surface area contributed by atoms with Crippen molar-refractivity contribution in [1.82, 2.24) is 5.32 Å². The Morgan fingerprint density at radius 3 is 2.62 bits per heavy atom. The highest BCUT2D eigenvalue weighted by molar-refractivity contribution is 6.21. The van der Waals surface area contributed by atoms with Gasteiger partial charge in [-0.25, -0.2) is 0 Å². The summed E-state index contributed by atoms with van der Waals surface area (Å²) in [5, 5.41) is 2.59. The third-order valence-electron chi connectivity index (χ3n) is 3.27. The number of ether oxygens (including phenoxy) is 1. The molecule has 0 radical (unpaired) electrons.